The van der Waals surface area contributed by atoms with Gasteiger partial charge in [-0.1, -0.05) is 29.8 Å². The summed E-state index contributed by atoms with van der Waals surface area (Å²) in [5.74, 6) is -1.73. The molecule has 0 aliphatic heterocycles. The van der Waals surface area contributed by atoms with Crippen molar-refractivity contribution in [3.63, 3.8) is 0 Å². The van der Waals surface area contributed by atoms with Crippen molar-refractivity contribution in [1.82, 2.24) is 14.5 Å². The van der Waals surface area contributed by atoms with E-state index in [4.69, 9.17) is 11.6 Å². The topological polar surface area (TPSA) is 81.1 Å². The molecular weight excluding hydrogens is 419 g/mol. The van der Waals surface area contributed by atoms with Crippen molar-refractivity contribution in [1.29, 1.82) is 0 Å². The molecule has 0 fully saturated rings. The number of para-hydroxylation sites is 1. The summed E-state index contributed by atoms with van der Waals surface area (Å²) in [6.45, 7) is 0. The molecule has 2 aromatic carbocycles. The molecule has 0 unspecified atom stereocenters. The van der Waals surface area contributed by atoms with E-state index in [1.165, 1.54) is 18.2 Å². The molecule has 0 saturated heterocycles. The molecule has 0 atom stereocenters. The van der Waals surface area contributed by atoms with Crippen molar-refractivity contribution in [2.75, 3.05) is 0 Å². The third kappa shape index (κ3) is 4.02. The van der Waals surface area contributed by atoms with Gasteiger partial charge in [0.25, 0.3) is 22.4 Å². The van der Waals surface area contributed by atoms with E-state index in [1.54, 1.807) is 10.8 Å². The Morgan fingerprint density at radius 3 is 2.54 bits per heavy atom. The SMILES string of the molecule is O=C(NS(=O)(=O)c1cnn(-c2ccccc2F)c1)c1ccc(C(F)F)cc1Cl. The number of aromatic nitrogens is 2. The molecule has 3 rings (SSSR count). The average Bonchev–Trinajstić information content (AvgIpc) is 3.12. The van der Waals surface area contributed by atoms with E-state index in [9.17, 15) is 26.4 Å². The minimum absolute atomic E-state index is 0.0147. The van der Waals surface area contributed by atoms with E-state index >= 15 is 0 Å². The normalized spacial score (nSPS) is 11.6. The molecule has 0 bridgehead atoms. The summed E-state index contributed by atoms with van der Waals surface area (Å²) in [5.41, 5.74) is -0.687. The lowest BCUT2D eigenvalue weighted by Crippen LogP contribution is -2.30. The van der Waals surface area contributed by atoms with Crippen LogP contribution in [0.25, 0.3) is 5.69 Å². The number of benzene rings is 2. The Balaban J connectivity index is 1.85. The zero-order valence-electron chi connectivity index (χ0n) is 13.8. The quantitative estimate of drug-likeness (QED) is 0.670. The Labute approximate surface area is 162 Å². The Morgan fingerprint density at radius 2 is 1.89 bits per heavy atom. The van der Waals surface area contributed by atoms with Crippen LogP contribution in [-0.4, -0.2) is 24.1 Å². The van der Waals surface area contributed by atoms with Crippen molar-refractivity contribution in [2.45, 2.75) is 11.3 Å². The first-order valence-electron chi connectivity index (χ1n) is 7.63. The number of hydrogen-bond acceptors (Lipinski definition) is 4. The lowest BCUT2D eigenvalue weighted by atomic mass is 10.1. The van der Waals surface area contributed by atoms with E-state index in [0.29, 0.717) is 0 Å². The van der Waals surface area contributed by atoms with Gasteiger partial charge in [0.2, 0.25) is 0 Å². The Hall–Kier alpha value is -2.85. The van der Waals surface area contributed by atoms with Gasteiger partial charge in [-0.3, -0.25) is 4.79 Å². The predicted octanol–water partition coefficient (Wildman–Crippen LogP) is 3.72. The van der Waals surface area contributed by atoms with Gasteiger partial charge in [-0.05, 0) is 24.3 Å². The molecule has 6 nitrogen and oxygen atoms in total. The van der Waals surface area contributed by atoms with Crippen LogP contribution in [-0.2, 0) is 10.0 Å². The lowest BCUT2D eigenvalue weighted by Gasteiger charge is -2.08. The fraction of sp³-hybridized carbons (Fsp3) is 0.0588. The van der Waals surface area contributed by atoms with Crippen molar-refractivity contribution in [3.8, 4) is 5.69 Å². The number of carbonyl (C=O) groups excluding carboxylic acids is 1. The summed E-state index contributed by atoms with van der Waals surface area (Å²) < 4.78 is 66.7. The number of rotatable bonds is 5. The van der Waals surface area contributed by atoms with Gasteiger partial charge in [-0.2, -0.15) is 5.10 Å². The fourth-order valence-corrected chi connectivity index (χ4v) is 3.47. The second kappa shape index (κ2) is 7.64. The van der Waals surface area contributed by atoms with Crippen LogP contribution >= 0.6 is 11.6 Å². The van der Waals surface area contributed by atoms with Gasteiger partial charge in [0.1, 0.15) is 16.4 Å². The molecular formula is C17H11ClF3N3O3S. The molecule has 146 valence electrons. The molecule has 0 spiro atoms. The highest BCUT2D eigenvalue weighted by atomic mass is 35.5. The summed E-state index contributed by atoms with van der Waals surface area (Å²) in [6, 6.07) is 8.42. The van der Waals surface area contributed by atoms with Gasteiger partial charge >= 0.3 is 0 Å². The van der Waals surface area contributed by atoms with Crippen LogP contribution in [0.1, 0.15) is 22.3 Å². The van der Waals surface area contributed by atoms with Crippen molar-refractivity contribution < 1.29 is 26.4 Å². The maximum absolute atomic E-state index is 13.8. The third-order valence-electron chi connectivity index (χ3n) is 3.69. The second-order valence-electron chi connectivity index (χ2n) is 5.55. The zero-order chi connectivity index (χ0) is 20.5. The minimum Gasteiger partial charge on any atom is -0.268 e. The molecule has 28 heavy (non-hydrogen) atoms. The lowest BCUT2D eigenvalue weighted by molar-refractivity contribution is 0.0981. The largest absolute Gasteiger partial charge is 0.268 e. The molecule has 0 saturated carbocycles. The van der Waals surface area contributed by atoms with Crippen LogP contribution in [0.3, 0.4) is 0 Å². The number of carbonyl (C=O) groups is 1. The van der Waals surface area contributed by atoms with Crippen molar-refractivity contribution >= 4 is 27.5 Å². The maximum Gasteiger partial charge on any atom is 0.267 e. The van der Waals surface area contributed by atoms with E-state index in [1.807, 2.05) is 0 Å². The summed E-state index contributed by atoms with van der Waals surface area (Å²) in [6.07, 6.45) is -0.832. The standard InChI is InChI=1S/C17H11ClF3N3O3S/c18-13-7-10(16(20)21)5-6-12(13)17(25)23-28(26,27)11-8-22-24(9-11)15-4-2-1-3-14(15)19/h1-9,16H,(H,23,25). The highest BCUT2D eigenvalue weighted by molar-refractivity contribution is 7.90. The number of nitrogens with zero attached hydrogens (tertiary/aromatic N) is 2. The summed E-state index contributed by atoms with van der Waals surface area (Å²) in [4.78, 5) is 11.8. The Morgan fingerprint density at radius 1 is 1.18 bits per heavy atom. The van der Waals surface area contributed by atoms with Gasteiger partial charge in [0, 0.05) is 5.56 Å². The molecule has 3 aromatic rings. The summed E-state index contributed by atoms with van der Waals surface area (Å²) >= 11 is 5.80. The zero-order valence-corrected chi connectivity index (χ0v) is 15.4. The Bertz CT molecular complexity index is 1150. The summed E-state index contributed by atoms with van der Waals surface area (Å²) in [5, 5.41) is 3.45. The monoisotopic (exact) mass is 429 g/mol. The van der Waals surface area contributed by atoms with Crippen LogP contribution in [0.4, 0.5) is 13.2 Å². The van der Waals surface area contributed by atoms with Gasteiger partial charge < -0.3 is 0 Å². The van der Waals surface area contributed by atoms with Crippen molar-refractivity contribution in [2.24, 2.45) is 0 Å². The Kier molecular flexibility index (Phi) is 5.43. The smallest absolute Gasteiger partial charge is 0.267 e. The highest BCUT2D eigenvalue weighted by Gasteiger charge is 2.23. The molecule has 1 amide bonds. The highest BCUT2D eigenvalue weighted by Crippen LogP contribution is 2.25. The fourth-order valence-electron chi connectivity index (χ4n) is 2.30. The number of alkyl halides is 2. The van der Waals surface area contributed by atoms with Crippen LogP contribution in [0.15, 0.2) is 59.8 Å². The summed E-state index contributed by atoms with van der Waals surface area (Å²) in [7, 11) is -4.36. The molecule has 11 heteroatoms. The molecule has 0 radical (unpaired) electrons. The maximum atomic E-state index is 13.8. The first kappa shape index (κ1) is 19.9. The third-order valence-corrected chi connectivity index (χ3v) is 5.28. The number of halogens is 4. The predicted molar refractivity (Wildman–Crippen MR) is 94.6 cm³/mol. The van der Waals surface area contributed by atoms with Crippen LogP contribution in [0.5, 0.6) is 0 Å². The molecule has 1 N–H and O–H groups in total. The molecule has 0 aliphatic rings. The van der Waals surface area contributed by atoms with E-state index in [0.717, 1.165) is 35.3 Å². The van der Waals surface area contributed by atoms with E-state index in [-0.39, 0.29) is 16.3 Å². The van der Waals surface area contributed by atoms with Crippen LogP contribution in [0, 0.1) is 5.82 Å². The van der Waals surface area contributed by atoms with Crippen LogP contribution < -0.4 is 4.72 Å². The average molecular weight is 430 g/mol. The van der Waals surface area contributed by atoms with E-state index in [2.05, 4.69) is 5.10 Å². The second-order valence-corrected chi connectivity index (χ2v) is 7.64. The van der Waals surface area contributed by atoms with Gasteiger partial charge in [-0.25, -0.2) is 31.0 Å². The van der Waals surface area contributed by atoms with Gasteiger partial charge in [-0.15, -0.1) is 0 Å². The first-order chi connectivity index (χ1) is 13.2. The number of amides is 1. The first-order valence-corrected chi connectivity index (χ1v) is 9.49. The molecule has 0 aliphatic carbocycles. The van der Waals surface area contributed by atoms with Crippen LogP contribution in [0.2, 0.25) is 5.02 Å². The van der Waals surface area contributed by atoms with E-state index < -0.39 is 38.6 Å². The van der Waals surface area contributed by atoms with Gasteiger partial charge in [0.05, 0.1) is 23.0 Å². The van der Waals surface area contributed by atoms with Gasteiger partial charge in [0.15, 0.2) is 0 Å². The number of nitrogens with one attached hydrogen (secondary N) is 1. The van der Waals surface area contributed by atoms with Crippen molar-refractivity contribution in [3.05, 3.63) is 76.8 Å². The number of hydrogen-bond donors (Lipinski definition) is 1. The number of sulfonamides is 1. The molecule has 1 aromatic heterocycles. The minimum atomic E-state index is -4.36. The molecule has 1 heterocycles.